The molecular weight excluding hydrogens is 403 g/mol. The Bertz CT molecular complexity index is 918. The number of benzene rings is 1. The molecule has 0 saturated carbocycles. The van der Waals surface area contributed by atoms with Crippen molar-refractivity contribution < 1.29 is 37.7 Å². The van der Waals surface area contributed by atoms with Crippen LogP contribution in [0.2, 0.25) is 5.02 Å². The Morgan fingerprint density at radius 3 is 2.36 bits per heavy atom. The van der Waals surface area contributed by atoms with Gasteiger partial charge in [-0.15, -0.1) is 0 Å². The van der Waals surface area contributed by atoms with Crippen molar-refractivity contribution in [1.29, 1.82) is 0 Å². The number of rotatable bonds is 5. The third-order valence-corrected chi connectivity index (χ3v) is 4.69. The minimum absolute atomic E-state index is 0.0241. The lowest BCUT2D eigenvalue weighted by Crippen LogP contribution is -2.46. The summed E-state index contributed by atoms with van der Waals surface area (Å²) in [5.41, 5.74) is -4.89. The number of halogens is 4. The number of carbonyl (C=O) groups is 2. The average Bonchev–Trinajstić information content (AvgIpc) is 2.65. The molecule has 0 aliphatic heterocycles. The van der Waals surface area contributed by atoms with Gasteiger partial charge in [0.2, 0.25) is 0 Å². The molecule has 28 heavy (non-hydrogen) atoms. The highest BCUT2D eigenvalue weighted by atomic mass is 35.5. The van der Waals surface area contributed by atoms with Gasteiger partial charge in [-0.3, -0.25) is 0 Å². The van der Waals surface area contributed by atoms with E-state index in [9.17, 15) is 27.9 Å². The van der Waals surface area contributed by atoms with Crippen molar-refractivity contribution in [3.63, 3.8) is 0 Å². The maximum Gasteiger partial charge on any atom is 0.422 e. The van der Waals surface area contributed by atoms with Crippen LogP contribution in [0.1, 0.15) is 44.8 Å². The highest BCUT2D eigenvalue weighted by Gasteiger charge is 2.59. The fourth-order valence-electron chi connectivity index (χ4n) is 2.79. The van der Waals surface area contributed by atoms with Crippen molar-refractivity contribution in [1.82, 2.24) is 4.98 Å². The normalized spacial score (nSPS) is 14.8. The minimum Gasteiger partial charge on any atom is -0.477 e. The first-order chi connectivity index (χ1) is 12.9. The van der Waals surface area contributed by atoms with Crippen LogP contribution < -0.4 is 0 Å². The third kappa shape index (κ3) is 3.81. The molecule has 150 valence electrons. The first-order valence-electron chi connectivity index (χ1n) is 7.80. The molecular formula is C18H15ClF3NO5. The summed E-state index contributed by atoms with van der Waals surface area (Å²) in [5.74, 6) is -3.91. The third-order valence-electron chi connectivity index (χ3n) is 4.37. The maximum absolute atomic E-state index is 13.9. The Hall–Kier alpha value is -2.65. The van der Waals surface area contributed by atoms with Crippen molar-refractivity contribution in [2.45, 2.75) is 24.6 Å². The van der Waals surface area contributed by atoms with Crippen LogP contribution >= 0.6 is 11.6 Å². The van der Waals surface area contributed by atoms with Crippen molar-refractivity contribution in [2.24, 2.45) is 0 Å². The number of hydrogen-bond donors (Lipinski definition) is 2. The Kier molecular flexibility index (Phi) is 6.00. The van der Waals surface area contributed by atoms with E-state index in [1.54, 1.807) is 0 Å². The molecule has 10 heteroatoms. The summed E-state index contributed by atoms with van der Waals surface area (Å²) in [6.07, 6.45) is -4.31. The highest BCUT2D eigenvalue weighted by Crippen LogP contribution is 2.49. The highest BCUT2D eigenvalue weighted by molar-refractivity contribution is 6.31. The minimum atomic E-state index is -5.17. The van der Waals surface area contributed by atoms with E-state index in [0.29, 0.717) is 6.07 Å². The monoisotopic (exact) mass is 417 g/mol. The predicted molar refractivity (Wildman–Crippen MR) is 92.4 cm³/mol. The zero-order valence-corrected chi connectivity index (χ0v) is 15.4. The molecule has 0 bridgehead atoms. The van der Waals surface area contributed by atoms with Crippen LogP contribution in [-0.2, 0) is 10.3 Å². The summed E-state index contributed by atoms with van der Waals surface area (Å²) < 4.78 is 46.3. The van der Waals surface area contributed by atoms with Crippen molar-refractivity contribution in [3.8, 4) is 0 Å². The molecule has 0 amide bonds. The number of methoxy groups -OCH3 is 1. The molecule has 6 nitrogen and oxygen atoms in total. The van der Waals surface area contributed by atoms with Gasteiger partial charge in [0.25, 0.3) is 0 Å². The largest absolute Gasteiger partial charge is 0.477 e. The van der Waals surface area contributed by atoms with Crippen molar-refractivity contribution in [2.75, 3.05) is 7.11 Å². The molecule has 2 aromatic rings. The number of aliphatic hydroxyl groups is 1. The predicted octanol–water partition coefficient (Wildman–Crippen LogP) is 3.77. The van der Waals surface area contributed by atoms with E-state index < -0.39 is 40.9 Å². The van der Waals surface area contributed by atoms with Crippen molar-refractivity contribution >= 4 is 23.5 Å². The van der Waals surface area contributed by atoms with Crippen molar-refractivity contribution in [3.05, 3.63) is 63.9 Å². The number of ether oxygens (including phenoxy) is 1. The van der Waals surface area contributed by atoms with Gasteiger partial charge in [-0.2, -0.15) is 13.2 Å². The summed E-state index contributed by atoms with van der Waals surface area (Å²) in [6, 6.07) is 5.06. The topological polar surface area (TPSA) is 96.7 Å². The first kappa shape index (κ1) is 21.6. The Morgan fingerprint density at radius 2 is 1.86 bits per heavy atom. The lowest BCUT2D eigenvalue weighted by molar-refractivity contribution is -0.274. The van der Waals surface area contributed by atoms with Gasteiger partial charge in [-0.05, 0) is 35.4 Å². The van der Waals surface area contributed by atoms with E-state index in [4.69, 9.17) is 16.7 Å². The van der Waals surface area contributed by atoms with E-state index in [2.05, 4.69) is 9.72 Å². The number of carboxylic acids is 1. The van der Waals surface area contributed by atoms with Gasteiger partial charge in [-0.25, -0.2) is 14.6 Å². The lowest BCUT2D eigenvalue weighted by Gasteiger charge is -2.37. The molecule has 0 aliphatic carbocycles. The second kappa shape index (κ2) is 7.76. The number of hydrogen-bond acceptors (Lipinski definition) is 5. The molecule has 0 radical (unpaired) electrons. The van der Waals surface area contributed by atoms with Gasteiger partial charge in [0, 0.05) is 17.1 Å². The molecule has 2 atom stereocenters. The van der Waals surface area contributed by atoms with E-state index >= 15 is 0 Å². The molecule has 1 heterocycles. The smallest absolute Gasteiger partial charge is 0.422 e. The van der Waals surface area contributed by atoms with Gasteiger partial charge in [0.05, 0.1) is 12.7 Å². The van der Waals surface area contributed by atoms with Crippen LogP contribution in [0.15, 0.2) is 36.5 Å². The van der Waals surface area contributed by atoms with Crippen LogP contribution in [0.3, 0.4) is 0 Å². The molecule has 0 saturated heterocycles. The Labute approximate surface area is 162 Å². The SMILES string of the molecule is COC(=O)c1ccc(C(C)C(O)(c2ccnc(C(=O)O)c2)C(F)(F)F)c(Cl)c1. The number of pyridine rings is 1. The average molecular weight is 418 g/mol. The van der Waals surface area contributed by atoms with Crippen LogP contribution in [-0.4, -0.2) is 40.4 Å². The second-order valence-corrected chi connectivity index (χ2v) is 6.36. The maximum atomic E-state index is 13.9. The number of carbonyl (C=O) groups excluding carboxylic acids is 1. The first-order valence-corrected chi connectivity index (χ1v) is 8.18. The summed E-state index contributed by atoms with van der Waals surface area (Å²) in [7, 11) is 1.14. The number of aromatic carboxylic acids is 1. The molecule has 0 fully saturated rings. The summed E-state index contributed by atoms with van der Waals surface area (Å²) in [4.78, 5) is 26.1. The zero-order valence-electron chi connectivity index (χ0n) is 14.6. The zero-order chi connectivity index (χ0) is 21.3. The number of carboxylic acid groups (broad SMARTS) is 1. The van der Waals surface area contributed by atoms with Gasteiger partial charge < -0.3 is 14.9 Å². The number of alkyl halides is 3. The van der Waals surface area contributed by atoms with E-state index in [1.165, 1.54) is 12.1 Å². The fourth-order valence-corrected chi connectivity index (χ4v) is 3.14. The van der Waals surface area contributed by atoms with Crippen LogP contribution in [0.25, 0.3) is 0 Å². The number of esters is 1. The van der Waals surface area contributed by atoms with Gasteiger partial charge in [0.1, 0.15) is 5.69 Å². The second-order valence-electron chi connectivity index (χ2n) is 5.95. The standard InChI is InChI=1S/C18H15ClF3NO5/c1-9(12-4-3-10(7-13(12)19)16(26)28-2)17(27,18(20,21)22)11-5-6-23-14(8-11)15(24)25/h3-9,27H,1-2H3,(H,24,25). The van der Waals surface area contributed by atoms with E-state index in [-0.39, 0.29) is 16.1 Å². The van der Waals surface area contributed by atoms with Crippen LogP contribution in [0.4, 0.5) is 13.2 Å². The van der Waals surface area contributed by atoms with Gasteiger partial charge >= 0.3 is 18.1 Å². The number of nitrogens with zero attached hydrogens (tertiary/aromatic N) is 1. The summed E-state index contributed by atoms with van der Waals surface area (Å²) in [5, 5.41) is 19.5. The fraction of sp³-hybridized carbons (Fsp3) is 0.278. The Morgan fingerprint density at radius 1 is 1.21 bits per heavy atom. The molecule has 1 aromatic heterocycles. The van der Waals surface area contributed by atoms with E-state index in [1.807, 2.05) is 0 Å². The van der Waals surface area contributed by atoms with Gasteiger partial charge in [0.15, 0.2) is 5.60 Å². The molecule has 0 aliphatic rings. The number of aromatic nitrogens is 1. The summed E-state index contributed by atoms with van der Waals surface area (Å²) >= 11 is 6.06. The van der Waals surface area contributed by atoms with Gasteiger partial charge in [-0.1, -0.05) is 24.6 Å². The molecule has 2 rings (SSSR count). The van der Waals surface area contributed by atoms with Crippen LogP contribution in [0, 0.1) is 0 Å². The quantitative estimate of drug-likeness (QED) is 0.719. The molecule has 0 spiro atoms. The van der Waals surface area contributed by atoms with E-state index in [0.717, 1.165) is 32.4 Å². The molecule has 2 unspecified atom stereocenters. The molecule has 1 aromatic carbocycles. The van der Waals surface area contributed by atoms with Crippen LogP contribution in [0.5, 0.6) is 0 Å². The summed E-state index contributed by atoms with van der Waals surface area (Å²) in [6.45, 7) is 1.09. The Balaban J connectivity index is 2.62. The molecule has 2 N–H and O–H groups in total. The lowest BCUT2D eigenvalue weighted by atomic mass is 9.77.